The number of anilines is 1. The lowest BCUT2D eigenvalue weighted by Gasteiger charge is -2.20. The van der Waals surface area contributed by atoms with E-state index < -0.39 is 5.91 Å². The molecule has 0 radical (unpaired) electrons. The molecule has 0 atom stereocenters. The van der Waals surface area contributed by atoms with E-state index >= 15 is 0 Å². The van der Waals surface area contributed by atoms with Crippen LogP contribution in [-0.2, 0) is 0 Å². The van der Waals surface area contributed by atoms with Crippen molar-refractivity contribution in [3.05, 3.63) is 28.8 Å². The maximum Gasteiger partial charge on any atom is 0.250 e. The van der Waals surface area contributed by atoms with E-state index in [0.29, 0.717) is 10.6 Å². The average Bonchev–Trinajstić information content (AvgIpc) is 2.70. The Bertz CT molecular complexity index is 386. The topological polar surface area (TPSA) is 46.3 Å². The van der Waals surface area contributed by atoms with Gasteiger partial charge in [0.2, 0.25) is 0 Å². The van der Waals surface area contributed by atoms with Crippen molar-refractivity contribution in [2.24, 2.45) is 5.73 Å². The van der Waals surface area contributed by atoms with Gasteiger partial charge in [-0.25, -0.2) is 0 Å². The van der Waals surface area contributed by atoms with Crippen LogP contribution in [0.2, 0.25) is 5.02 Å². The smallest absolute Gasteiger partial charge is 0.250 e. The van der Waals surface area contributed by atoms with Crippen molar-refractivity contribution in [1.82, 2.24) is 0 Å². The van der Waals surface area contributed by atoms with Gasteiger partial charge in [0.25, 0.3) is 5.91 Å². The number of amides is 1. The van der Waals surface area contributed by atoms with E-state index in [1.165, 1.54) is 12.8 Å². The fourth-order valence-electron chi connectivity index (χ4n) is 1.94. The van der Waals surface area contributed by atoms with Crippen molar-refractivity contribution in [1.29, 1.82) is 0 Å². The van der Waals surface area contributed by atoms with Crippen molar-refractivity contribution in [3.63, 3.8) is 0 Å². The number of halogens is 1. The molecular weight excluding hydrogens is 212 g/mol. The molecule has 0 unspecified atom stereocenters. The van der Waals surface area contributed by atoms with Gasteiger partial charge in [-0.15, -0.1) is 0 Å². The number of carbonyl (C=O) groups is 1. The van der Waals surface area contributed by atoms with Crippen LogP contribution in [0.15, 0.2) is 18.2 Å². The average molecular weight is 225 g/mol. The molecular formula is C11H13ClN2O. The van der Waals surface area contributed by atoms with Crippen LogP contribution in [0, 0.1) is 0 Å². The van der Waals surface area contributed by atoms with Gasteiger partial charge in [0.1, 0.15) is 0 Å². The van der Waals surface area contributed by atoms with Crippen molar-refractivity contribution < 1.29 is 4.79 Å². The van der Waals surface area contributed by atoms with Crippen LogP contribution in [0.4, 0.5) is 5.69 Å². The molecule has 1 amide bonds. The summed E-state index contributed by atoms with van der Waals surface area (Å²) < 4.78 is 0. The Labute approximate surface area is 93.8 Å². The molecule has 15 heavy (non-hydrogen) atoms. The molecule has 4 heteroatoms. The first-order valence-electron chi connectivity index (χ1n) is 5.03. The molecule has 0 spiro atoms. The zero-order valence-corrected chi connectivity index (χ0v) is 9.13. The minimum absolute atomic E-state index is 0.417. The molecule has 0 aliphatic carbocycles. The fourth-order valence-corrected chi connectivity index (χ4v) is 2.11. The lowest BCUT2D eigenvalue weighted by molar-refractivity contribution is 0.100. The van der Waals surface area contributed by atoms with Crippen LogP contribution in [-0.4, -0.2) is 19.0 Å². The highest BCUT2D eigenvalue weighted by molar-refractivity contribution is 6.31. The van der Waals surface area contributed by atoms with Crippen LogP contribution < -0.4 is 10.6 Å². The third kappa shape index (κ3) is 2.07. The first-order chi connectivity index (χ1) is 7.18. The third-order valence-electron chi connectivity index (χ3n) is 2.67. The maximum atomic E-state index is 11.3. The SMILES string of the molecule is NC(=O)c1cc(Cl)ccc1N1CCCC1. The van der Waals surface area contributed by atoms with Gasteiger partial charge >= 0.3 is 0 Å². The second kappa shape index (κ2) is 4.11. The van der Waals surface area contributed by atoms with Crippen molar-refractivity contribution in [2.75, 3.05) is 18.0 Å². The predicted octanol–water partition coefficient (Wildman–Crippen LogP) is 2.04. The van der Waals surface area contributed by atoms with Crippen LogP contribution in [0.25, 0.3) is 0 Å². The zero-order valence-electron chi connectivity index (χ0n) is 8.37. The number of benzene rings is 1. The van der Waals surface area contributed by atoms with Gasteiger partial charge in [-0.2, -0.15) is 0 Å². The summed E-state index contributed by atoms with van der Waals surface area (Å²) in [5.74, 6) is -0.417. The third-order valence-corrected chi connectivity index (χ3v) is 2.91. The van der Waals surface area contributed by atoms with E-state index in [-0.39, 0.29) is 0 Å². The Hall–Kier alpha value is -1.22. The highest BCUT2D eigenvalue weighted by atomic mass is 35.5. The second-order valence-electron chi connectivity index (χ2n) is 3.72. The predicted molar refractivity (Wildman–Crippen MR) is 61.4 cm³/mol. The van der Waals surface area contributed by atoms with Gasteiger partial charge in [0.15, 0.2) is 0 Å². The summed E-state index contributed by atoms with van der Waals surface area (Å²) in [5, 5.41) is 0.548. The first kappa shape index (κ1) is 10.3. The van der Waals surface area contributed by atoms with E-state index in [4.69, 9.17) is 17.3 Å². The number of rotatable bonds is 2. The summed E-state index contributed by atoms with van der Waals surface area (Å²) in [6, 6.07) is 5.30. The van der Waals surface area contributed by atoms with Crippen LogP contribution in [0.5, 0.6) is 0 Å². The Morgan fingerprint density at radius 1 is 1.33 bits per heavy atom. The molecule has 80 valence electrons. The van der Waals surface area contributed by atoms with Gasteiger partial charge in [-0.3, -0.25) is 4.79 Å². The molecule has 1 saturated heterocycles. The van der Waals surface area contributed by atoms with Gasteiger partial charge in [-0.05, 0) is 31.0 Å². The molecule has 1 aromatic carbocycles. The van der Waals surface area contributed by atoms with Crippen molar-refractivity contribution >= 4 is 23.2 Å². The molecule has 1 fully saturated rings. The van der Waals surface area contributed by atoms with E-state index in [9.17, 15) is 4.79 Å². The summed E-state index contributed by atoms with van der Waals surface area (Å²) in [4.78, 5) is 13.4. The number of primary amides is 1. The molecule has 1 aliphatic heterocycles. The summed E-state index contributed by atoms with van der Waals surface area (Å²) in [7, 11) is 0. The van der Waals surface area contributed by atoms with Gasteiger partial charge in [0.05, 0.1) is 5.56 Å². The molecule has 2 N–H and O–H groups in total. The second-order valence-corrected chi connectivity index (χ2v) is 4.16. The minimum Gasteiger partial charge on any atom is -0.371 e. The van der Waals surface area contributed by atoms with E-state index in [2.05, 4.69) is 4.90 Å². The molecule has 0 bridgehead atoms. The lowest BCUT2D eigenvalue weighted by atomic mass is 10.1. The monoisotopic (exact) mass is 224 g/mol. The molecule has 1 aliphatic rings. The summed E-state index contributed by atoms with van der Waals surface area (Å²) in [6.07, 6.45) is 2.33. The zero-order chi connectivity index (χ0) is 10.8. The largest absolute Gasteiger partial charge is 0.371 e. The highest BCUT2D eigenvalue weighted by Crippen LogP contribution is 2.26. The Morgan fingerprint density at radius 2 is 2.00 bits per heavy atom. The summed E-state index contributed by atoms with van der Waals surface area (Å²) in [5.41, 5.74) is 6.75. The van der Waals surface area contributed by atoms with Crippen LogP contribution in [0.3, 0.4) is 0 Å². The molecule has 1 aromatic rings. The normalized spacial score (nSPS) is 15.7. The van der Waals surface area contributed by atoms with Crippen molar-refractivity contribution in [2.45, 2.75) is 12.8 Å². The first-order valence-corrected chi connectivity index (χ1v) is 5.40. The summed E-state index contributed by atoms with van der Waals surface area (Å²) >= 11 is 5.84. The van der Waals surface area contributed by atoms with E-state index in [0.717, 1.165) is 18.8 Å². The standard InChI is InChI=1S/C11H13ClN2O/c12-8-3-4-10(9(7-8)11(13)15)14-5-1-2-6-14/h3-4,7H,1-2,5-6H2,(H2,13,15). The minimum atomic E-state index is -0.417. The Kier molecular flexibility index (Phi) is 2.82. The lowest BCUT2D eigenvalue weighted by Crippen LogP contribution is -2.22. The van der Waals surface area contributed by atoms with Crippen LogP contribution in [0.1, 0.15) is 23.2 Å². The number of hydrogen-bond acceptors (Lipinski definition) is 2. The maximum absolute atomic E-state index is 11.3. The number of carbonyl (C=O) groups excluding carboxylic acids is 1. The molecule has 3 nitrogen and oxygen atoms in total. The Balaban J connectivity index is 2.40. The molecule has 1 heterocycles. The number of nitrogens with zero attached hydrogens (tertiary/aromatic N) is 1. The summed E-state index contributed by atoms with van der Waals surface area (Å²) in [6.45, 7) is 1.98. The van der Waals surface area contributed by atoms with Gasteiger partial charge in [-0.1, -0.05) is 11.6 Å². The number of nitrogens with two attached hydrogens (primary N) is 1. The van der Waals surface area contributed by atoms with Gasteiger partial charge in [0, 0.05) is 23.8 Å². The highest BCUT2D eigenvalue weighted by Gasteiger charge is 2.18. The van der Waals surface area contributed by atoms with Crippen LogP contribution >= 0.6 is 11.6 Å². The number of hydrogen-bond donors (Lipinski definition) is 1. The molecule has 0 saturated carbocycles. The van der Waals surface area contributed by atoms with E-state index in [1.54, 1.807) is 12.1 Å². The van der Waals surface area contributed by atoms with Crippen molar-refractivity contribution in [3.8, 4) is 0 Å². The Morgan fingerprint density at radius 3 is 2.60 bits per heavy atom. The molecule has 2 rings (SSSR count). The molecule has 0 aromatic heterocycles. The van der Waals surface area contributed by atoms with E-state index in [1.807, 2.05) is 6.07 Å². The van der Waals surface area contributed by atoms with Gasteiger partial charge < -0.3 is 10.6 Å². The quantitative estimate of drug-likeness (QED) is 0.836. The fraction of sp³-hybridized carbons (Fsp3) is 0.364.